The highest BCUT2D eigenvalue weighted by Gasteiger charge is 2.39. The minimum Gasteiger partial charge on any atom is -0.481 e. The molecule has 0 saturated carbocycles. The molecule has 1 aliphatic rings. The van der Waals surface area contributed by atoms with Crippen molar-refractivity contribution in [1.29, 1.82) is 0 Å². The Kier molecular flexibility index (Phi) is 3.53. The molecule has 6 heteroatoms. The predicted octanol–water partition coefficient (Wildman–Crippen LogP) is 0.327. The molecule has 2 rings (SSSR count). The van der Waals surface area contributed by atoms with Crippen molar-refractivity contribution in [2.45, 2.75) is 25.9 Å². The van der Waals surface area contributed by atoms with Crippen LogP contribution >= 0.6 is 0 Å². The fourth-order valence-corrected chi connectivity index (χ4v) is 1.98. The summed E-state index contributed by atoms with van der Waals surface area (Å²) in [5.41, 5.74) is -0.0204. The third kappa shape index (κ3) is 2.58. The van der Waals surface area contributed by atoms with Gasteiger partial charge in [0.05, 0.1) is 25.7 Å². The summed E-state index contributed by atoms with van der Waals surface area (Å²) in [6, 6.07) is 3.54. The van der Waals surface area contributed by atoms with Crippen LogP contribution in [-0.2, 0) is 16.1 Å². The topological polar surface area (TPSA) is 71.5 Å². The number of ether oxygens (including phenoxy) is 1. The van der Waals surface area contributed by atoms with Gasteiger partial charge in [-0.3, -0.25) is 19.8 Å². The molecule has 1 fully saturated rings. The van der Waals surface area contributed by atoms with Gasteiger partial charge in [0.1, 0.15) is 0 Å². The number of imide groups is 1. The van der Waals surface area contributed by atoms with E-state index >= 15 is 0 Å². The van der Waals surface area contributed by atoms with E-state index in [4.69, 9.17) is 4.74 Å². The first-order chi connectivity index (χ1) is 8.95. The predicted molar refractivity (Wildman–Crippen MR) is 68.4 cm³/mol. The number of methoxy groups -OCH3 is 1. The monoisotopic (exact) mass is 263 g/mol. The lowest BCUT2D eigenvalue weighted by atomic mass is 10.00. The maximum atomic E-state index is 12.2. The lowest BCUT2D eigenvalue weighted by molar-refractivity contribution is -0.153. The average Bonchev–Trinajstić information content (AvgIpc) is 2.40. The molecule has 0 aromatic carbocycles. The molecular weight excluding hydrogens is 246 g/mol. The Hall–Kier alpha value is -1.95. The van der Waals surface area contributed by atoms with Crippen LogP contribution < -0.4 is 10.1 Å². The van der Waals surface area contributed by atoms with Gasteiger partial charge in [-0.15, -0.1) is 0 Å². The van der Waals surface area contributed by atoms with E-state index in [1.807, 2.05) is 0 Å². The van der Waals surface area contributed by atoms with Crippen LogP contribution in [0.4, 0.5) is 0 Å². The van der Waals surface area contributed by atoms with E-state index in [1.165, 1.54) is 12.0 Å². The Morgan fingerprint density at radius 2 is 2.21 bits per heavy atom. The molecule has 1 saturated heterocycles. The Morgan fingerprint density at radius 3 is 2.89 bits per heavy atom. The van der Waals surface area contributed by atoms with Gasteiger partial charge in [0, 0.05) is 11.8 Å². The smallest absolute Gasteiger partial charge is 0.249 e. The minimum atomic E-state index is -0.733. The Morgan fingerprint density at radius 1 is 1.47 bits per heavy atom. The van der Waals surface area contributed by atoms with Crippen LogP contribution in [0.1, 0.15) is 19.4 Å². The fourth-order valence-electron chi connectivity index (χ4n) is 1.98. The summed E-state index contributed by atoms with van der Waals surface area (Å²) in [6.07, 6.45) is 1.60. The zero-order chi connectivity index (χ0) is 14.0. The number of rotatable bonds is 3. The van der Waals surface area contributed by atoms with Crippen molar-refractivity contribution in [3.63, 3.8) is 0 Å². The van der Waals surface area contributed by atoms with E-state index in [9.17, 15) is 9.59 Å². The first kappa shape index (κ1) is 13.5. The third-order valence-corrected chi connectivity index (χ3v) is 3.13. The summed E-state index contributed by atoms with van der Waals surface area (Å²) < 4.78 is 5.13. The van der Waals surface area contributed by atoms with Crippen molar-refractivity contribution in [1.82, 2.24) is 15.2 Å². The normalized spacial score (nSPS) is 18.6. The van der Waals surface area contributed by atoms with Crippen LogP contribution in [0, 0.1) is 0 Å². The van der Waals surface area contributed by atoms with Crippen LogP contribution in [-0.4, -0.2) is 40.9 Å². The number of nitrogens with one attached hydrogen (secondary N) is 1. The van der Waals surface area contributed by atoms with E-state index in [2.05, 4.69) is 10.3 Å². The number of hydrogen-bond acceptors (Lipinski definition) is 5. The molecule has 0 atom stereocenters. The number of aromatic nitrogens is 1. The standard InChI is InChI=1S/C13H17N3O3/c1-13(2)12(18)16(10(17)7-15-13)8-9-5-4-6-14-11(9)19-3/h4-6,15H,7-8H2,1-3H3. The molecule has 0 unspecified atom stereocenters. The molecular formula is C13H17N3O3. The van der Waals surface area contributed by atoms with E-state index in [0.717, 1.165) is 0 Å². The number of amides is 2. The number of carbonyl (C=O) groups is 2. The number of pyridine rings is 1. The van der Waals surface area contributed by atoms with E-state index in [-0.39, 0.29) is 24.9 Å². The summed E-state index contributed by atoms with van der Waals surface area (Å²) in [5.74, 6) is -0.0515. The molecule has 0 aliphatic carbocycles. The van der Waals surface area contributed by atoms with Crippen LogP contribution in [0.25, 0.3) is 0 Å². The molecule has 6 nitrogen and oxygen atoms in total. The average molecular weight is 263 g/mol. The van der Waals surface area contributed by atoms with E-state index in [1.54, 1.807) is 32.2 Å². The number of hydrogen-bond donors (Lipinski definition) is 1. The highest BCUT2D eigenvalue weighted by atomic mass is 16.5. The molecule has 1 aliphatic heterocycles. The number of carbonyl (C=O) groups excluding carboxylic acids is 2. The van der Waals surface area contributed by atoms with Gasteiger partial charge in [-0.1, -0.05) is 6.07 Å². The van der Waals surface area contributed by atoms with Crippen LogP contribution in [0.3, 0.4) is 0 Å². The highest BCUT2D eigenvalue weighted by Crippen LogP contribution is 2.20. The van der Waals surface area contributed by atoms with E-state index in [0.29, 0.717) is 11.4 Å². The summed E-state index contributed by atoms with van der Waals surface area (Å²) >= 11 is 0. The summed E-state index contributed by atoms with van der Waals surface area (Å²) in [6.45, 7) is 3.85. The zero-order valence-electron chi connectivity index (χ0n) is 11.3. The third-order valence-electron chi connectivity index (χ3n) is 3.13. The number of nitrogens with zero attached hydrogens (tertiary/aromatic N) is 2. The Balaban J connectivity index is 2.26. The first-order valence-corrected chi connectivity index (χ1v) is 6.03. The molecule has 0 spiro atoms. The van der Waals surface area contributed by atoms with Gasteiger partial charge < -0.3 is 4.74 Å². The van der Waals surface area contributed by atoms with Crippen molar-refractivity contribution < 1.29 is 14.3 Å². The fraction of sp³-hybridized carbons (Fsp3) is 0.462. The van der Waals surface area contributed by atoms with Crippen molar-refractivity contribution in [2.24, 2.45) is 0 Å². The van der Waals surface area contributed by atoms with Gasteiger partial charge in [0.2, 0.25) is 17.7 Å². The summed E-state index contributed by atoms with van der Waals surface area (Å²) in [7, 11) is 1.51. The second-order valence-electron chi connectivity index (χ2n) is 4.94. The van der Waals surface area contributed by atoms with Gasteiger partial charge in [-0.05, 0) is 19.9 Å². The largest absolute Gasteiger partial charge is 0.481 e. The molecule has 2 heterocycles. The van der Waals surface area contributed by atoms with Gasteiger partial charge in [0.25, 0.3) is 0 Å². The lowest BCUT2D eigenvalue weighted by Crippen LogP contribution is -2.63. The highest BCUT2D eigenvalue weighted by molar-refractivity contribution is 6.02. The number of piperazine rings is 1. The van der Waals surface area contributed by atoms with Crippen LogP contribution in [0.2, 0.25) is 0 Å². The minimum absolute atomic E-state index is 0.154. The van der Waals surface area contributed by atoms with Gasteiger partial charge in [-0.2, -0.15) is 0 Å². The Bertz CT molecular complexity index is 514. The maximum absolute atomic E-state index is 12.2. The lowest BCUT2D eigenvalue weighted by Gasteiger charge is -2.36. The quantitative estimate of drug-likeness (QED) is 0.796. The molecule has 1 aromatic rings. The Labute approximate surface area is 111 Å². The molecule has 19 heavy (non-hydrogen) atoms. The van der Waals surface area contributed by atoms with Crippen LogP contribution in [0.5, 0.6) is 5.88 Å². The first-order valence-electron chi connectivity index (χ1n) is 6.03. The second-order valence-corrected chi connectivity index (χ2v) is 4.94. The van der Waals surface area contributed by atoms with Crippen molar-refractivity contribution in [3.8, 4) is 5.88 Å². The maximum Gasteiger partial charge on any atom is 0.249 e. The molecule has 0 bridgehead atoms. The van der Waals surface area contributed by atoms with Crippen molar-refractivity contribution >= 4 is 11.8 Å². The van der Waals surface area contributed by atoms with Gasteiger partial charge in [-0.25, -0.2) is 4.98 Å². The summed E-state index contributed by atoms with van der Waals surface area (Å²) in [4.78, 5) is 29.4. The molecule has 102 valence electrons. The zero-order valence-corrected chi connectivity index (χ0v) is 11.3. The SMILES string of the molecule is COc1ncccc1CN1C(=O)CNC(C)(C)C1=O. The van der Waals surface area contributed by atoms with Crippen molar-refractivity contribution in [3.05, 3.63) is 23.9 Å². The molecule has 0 radical (unpaired) electrons. The molecule has 1 N–H and O–H groups in total. The molecule has 1 aromatic heterocycles. The van der Waals surface area contributed by atoms with Gasteiger partial charge >= 0.3 is 0 Å². The summed E-state index contributed by atoms with van der Waals surface area (Å²) in [5, 5.41) is 2.91. The van der Waals surface area contributed by atoms with Gasteiger partial charge in [0.15, 0.2) is 0 Å². The second kappa shape index (κ2) is 4.97. The van der Waals surface area contributed by atoms with Crippen LogP contribution in [0.15, 0.2) is 18.3 Å². The van der Waals surface area contributed by atoms with Crippen molar-refractivity contribution in [2.75, 3.05) is 13.7 Å². The van der Waals surface area contributed by atoms with E-state index < -0.39 is 5.54 Å². The molecule has 2 amide bonds.